The number of anilines is 1. The lowest BCUT2D eigenvalue weighted by Gasteiger charge is -2.00. The van der Waals surface area contributed by atoms with E-state index in [1.807, 2.05) is 6.08 Å². The number of hydrogen-bond acceptors (Lipinski definition) is 3. The summed E-state index contributed by atoms with van der Waals surface area (Å²) in [6.45, 7) is 1.54. The van der Waals surface area contributed by atoms with Crippen molar-refractivity contribution in [2.75, 3.05) is 11.5 Å². The number of hydrogen-bond donors (Lipinski definition) is 1. The van der Waals surface area contributed by atoms with Gasteiger partial charge in [0, 0.05) is 18.2 Å². The van der Waals surface area contributed by atoms with E-state index in [-0.39, 0.29) is 10.8 Å². The van der Waals surface area contributed by atoms with Crippen LogP contribution in [-0.4, -0.2) is 10.9 Å². The quantitative estimate of drug-likeness (QED) is 0.648. The first-order chi connectivity index (χ1) is 7.61. The van der Waals surface area contributed by atoms with Gasteiger partial charge in [0.1, 0.15) is 5.82 Å². The first kappa shape index (κ1) is 12.8. The molecule has 16 heavy (non-hydrogen) atoms. The molecule has 0 unspecified atom stereocenters. The molecule has 0 saturated carbocycles. The minimum absolute atomic E-state index is 0.110. The van der Waals surface area contributed by atoms with Gasteiger partial charge in [-0.15, -0.1) is 0 Å². The van der Waals surface area contributed by atoms with Crippen LogP contribution in [0.2, 0.25) is 0 Å². The SMILES string of the molecule is CC(=O)SCCC=Cc1cccc(F)c1N. The smallest absolute Gasteiger partial charge is 0.185 e. The lowest BCUT2D eigenvalue weighted by atomic mass is 10.1. The molecule has 1 rings (SSSR count). The molecule has 4 heteroatoms. The second-order valence-electron chi connectivity index (χ2n) is 3.27. The Morgan fingerprint density at radius 3 is 3.00 bits per heavy atom. The molecule has 86 valence electrons. The standard InChI is InChI=1S/C12H14FNOS/c1-9(15)16-8-3-2-5-10-6-4-7-11(13)12(10)14/h2,4-7H,3,8,14H2,1H3. The van der Waals surface area contributed by atoms with Crippen molar-refractivity contribution in [3.05, 3.63) is 35.7 Å². The van der Waals surface area contributed by atoms with Crippen LogP contribution >= 0.6 is 11.8 Å². The molecule has 0 bridgehead atoms. The summed E-state index contributed by atoms with van der Waals surface area (Å²) in [5, 5.41) is 0.110. The number of nitrogens with two attached hydrogens (primary N) is 1. The average Bonchev–Trinajstić information content (AvgIpc) is 2.23. The topological polar surface area (TPSA) is 43.1 Å². The van der Waals surface area contributed by atoms with Gasteiger partial charge in [-0.3, -0.25) is 4.79 Å². The predicted octanol–water partition coefficient (Wildman–Crippen LogP) is 3.09. The summed E-state index contributed by atoms with van der Waals surface area (Å²) in [6.07, 6.45) is 4.43. The van der Waals surface area contributed by atoms with Gasteiger partial charge >= 0.3 is 0 Å². The zero-order valence-corrected chi connectivity index (χ0v) is 9.89. The van der Waals surface area contributed by atoms with Crippen LogP contribution in [0.25, 0.3) is 6.08 Å². The molecule has 0 saturated heterocycles. The second kappa shape index (κ2) is 6.33. The number of para-hydroxylation sites is 1. The number of rotatable bonds is 4. The third kappa shape index (κ3) is 4.06. The predicted molar refractivity (Wildman–Crippen MR) is 67.6 cm³/mol. The van der Waals surface area contributed by atoms with Crippen molar-refractivity contribution in [1.29, 1.82) is 0 Å². The fourth-order valence-corrected chi connectivity index (χ4v) is 1.72. The van der Waals surface area contributed by atoms with E-state index in [0.717, 1.165) is 12.2 Å². The number of halogens is 1. The Hall–Kier alpha value is -1.29. The Morgan fingerprint density at radius 2 is 2.31 bits per heavy atom. The summed E-state index contributed by atoms with van der Waals surface area (Å²) in [5.41, 5.74) is 6.40. The zero-order valence-electron chi connectivity index (χ0n) is 9.07. The number of nitrogen functional groups attached to an aromatic ring is 1. The molecule has 2 N–H and O–H groups in total. The van der Waals surface area contributed by atoms with Crippen molar-refractivity contribution in [2.24, 2.45) is 0 Å². The van der Waals surface area contributed by atoms with Gasteiger partial charge in [0.2, 0.25) is 0 Å². The maximum atomic E-state index is 13.1. The monoisotopic (exact) mass is 239 g/mol. The number of allylic oxidation sites excluding steroid dienone is 1. The number of carbonyl (C=O) groups excluding carboxylic acids is 1. The fourth-order valence-electron chi connectivity index (χ4n) is 1.18. The molecule has 0 aliphatic heterocycles. The van der Waals surface area contributed by atoms with Gasteiger partial charge in [0.15, 0.2) is 5.12 Å². The van der Waals surface area contributed by atoms with Crippen LogP contribution in [0, 0.1) is 5.82 Å². The van der Waals surface area contributed by atoms with Crippen molar-refractivity contribution in [3.63, 3.8) is 0 Å². The summed E-state index contributed by atoms with van der Waals surface area (Å²) < 4.78 is 13.1. The molecule has 0 aliphatic carbocycles. The molecule has 0 aliphatic rings. The Morgan fingerprint density at radius 1 is 1.56 bits per heavy atom. The largest absolute Gasteiger partial charge is 0.396 e. The van der Waals surface area contributed by atoms with E-state index in [9.17, 15) is 9.18 Å². The molecule has 0 atom stereocenters. The lowest BCUT2D eigenvalue weighted by Crippen LogP contribution is -1.93. The maximum absolute atomic E-state index is 13.1. The normalized spacial score (nSPS) is 10.9. The van der Waals surface area contributed by atoms with Crippen molar-refractivity contribution < 1.29 is 9.18 Å². The maximum Gasteiger partial charge on any atom is 0.185 e. The van der Waals surface area contributed by atoms with E-state index in [2.05, 4.69) is 0 Å². The fraction of sp³-hybridized carbons (Fsp3) is 0.250. The Balaban J connectivity index is 2.50. The van der Waals surface area contributed by atoms with E-state index < -0.39 is 5.82 Å². The molecule has 0 spiro atoms. The van der Waals surface area contributed by atoms with Gasteiger partial charge in [-0.2, -0.15) is 0 Å². The first-order valence-corrected chi connectivity index (χ1v) is 5.93. The van der Waals surface area contributed by atoms with E-state index in [4.69, 9.17) is 5.73 Å². The molecule has 2 nitrogen and oxygen atoms in total. The molecule has 0 amide bonds. The van der Waals surface area contributed by atoms with Gasteiger partial charge in [-0.25, -0.2) is 4.39 Å². The van der Waals surface area contributed by atoms with Crippen LogP contribution in [0.5, 0.6) is 0 Å². The molecular formula is C12H14FNOS. The molecule has 0 heterocycles. The third-order valence-corrected chi connectivity index (χ3v) is 2.82. The average molecular weight is 239 g/mol. The highest BCUT2D eigenvalue weighted by atomic mass is 32.2. The Kier molecular flexibility index (Phi) is 5.05. The van der Waals surface area contributed by atoms with Crippen LogP contribution < -0.4 is 5.73 Å². The van der Waals surface area contributed by atoms with E-state index >= 15 is 0 Å². The molecule has 0 fully saturated rings. The summed E-state index contributed by atoms with van der Waals surface area (Å²) >= 11 is 1.28. The highest BCUT2D eigenvalue weighted by Gasteiger charge is 2.00. The number of benzene rings is 1. The van der Waals surface area contributed by atoms with E-state index in [1.54, 1.807) is 25.1 Å². The highest BCUT2D eigenvalue weighted by Crippen LogP contribution is 2.17. The molecule has 0 aromatic heterocycles. The number of carbonyl (C=O) groups is 1. The third-order valence-electron chi connectivity index (χ3n) is 1.97. The molecule has 0 radical (unpaired) electrons. The van der Waals surface area contributed by atoms with Crippen LogP contribution in [0.15, 0.2) is 24.3 Å². The van der Waals surface area contributed by atoms with Crippen LogP contribution in [0.1, 0.15) is 18.9 Å². The Labute approximate surface area is 98.7 Å². The van der Waals surface area contributed by atoms with Gasteiger partial charge in [0.25, 0.3) is 0 Å². The summed E-state index contributed by atoms with van der Waals surface area (Å²) in [7, 11) is 0. The minimum atomic E-state index is -0.403. The van der Waals surface area contributed by atoms with Crippen molar-refractivity contribution >= 4 is 28.6 Å². The molecule has 1 aromatic carbocycles. The highest BCUT2D eigenvalue weighted by molar-refractivity contribution is 8.13. The van der Waals surface area contributed by atoms with Gasteiger partial charge in [-0.1, -0.05) is 36.0 Å². The minimum Gasteiger partial charge on any atom is -0.396 e. The van der Waals surface area contributed by atoms with Crippen LogP contribution in [0.4, 0.5) is 10.1 Å². The summed E-state index contributed by atoms with van der Waals surface area (Å²) in [6, 6.07) is 4.71. The van der Waals surface area contributed by atoms with Gasteiger partial charge in [-0.05, 0) is 12.5 Å². The molecule has 1 aromatic rings. The first-order valence-electron chi connectivity index (χ1n) is 4.95. The number of thioether (sulfide) groups is 1. The Bertz CT molecular complexity index is 404. The second-order valence-corrected chi connectivity index (χ2v) is 4.55. The van der Waals surface area contributed by atoms with Crippen molar-refractivity contribution in [2.45, 2.75) is 13.3 Å². The summed E-state index contributed by atoms with van der Waals surface area (Å²) in [5.74, 6) is 0.335. The van der Waals surface area contributed by atoms with E-state index in [0.29, 0.717) is 5.56 Å². The van der Waals surface area contributed by atoms with Gasteiger partial charge < -0.3 is 5.73 Å². The van der Waals surface area contributed by atoms with E-state index in [1.165, 1.54) is 17.8 Å². The van der Waals surface area contributed by atoms with Crippen molar-refractivity contribution in [1.82, 2.24) is 0 Å². The van der Waals surface area contributed by atoms with Crippen LogP contribution in [-0.2, 0) is 4.79 Å². The van der Waals surface area contributed by atoms with Gasteiger partial charge in [0.05, 0.1) is 5.69 Å². The molecular weight excluding hydrogens is 225 g/mol. The lowest BCUT2D eigenvalue weighted by molar-refractivity contribution is -0.109. The summed E-state index contributed by atoms with van der Waals surface area (Å²) in [4.78, 5) is 10.6. The van der Waals surface area contributed by atoms with Crippen molar-refractivity contribution in [3.8, 4) is 0 Å². The zero-order chi connectivity index (χ0) is 12.0. The van der Waals surface area contributed by atoms with Crippen LogP contribution in [0.3, 0.4) is 0 Å².